The number of carbonyl (C=O) groups excluding carboxylic acids is 8. The molecule has 0 aromatic carbocycles. The van der Waals surface area contributed by atoms with Gasteiger partial charge in [0.1, 0.15) is 52.9 Å². The smallest absolute Gasteiger partial charge is 0.309 e. The van der Waals surface area contributed by atoms with Gasteiger partial charge in [0.15, 0.2) is 0 Å². The molecule has 0 spiro atoms. The van der Waals surface area contributed by atoms with Crippen LogP contribution in [0, 0.1) is 23.7 Å². The second-order valence-corrected chi connectivity index (χ2v) is 26.6. The lowest BCUT2D eigenvalue weighted by molar-refractivity contribution is -0.154. The second-order valence-electron chi connectivity index (χ2n) is 22.0. The largest absolute Gasteiger partial charge is 0.462 e. The molecule has 4 atom stereocenters. The van der Waals surface area contributed by atoms with E-state index in [0.717, 1.165) is 74.4 Å². The van der Waals surface area contributed by atoms with Crippen LogP contribution < -0.4 is 0 Å². The Morgan fingerprint density at radius 3 is 0.767 bits per heavy atom. The molecule has 518 valence electrons. The van der Waals surface area contributed by atoms with Gasteiger partial charge in [-0.15, -0.1) is 0 Å². The van der Waals surface area contributed by atoms with Crippen molar-refractivity contribution in [2.24, 2.45) is 23.7 Å². The average Bonchev–Trinajstić information content (AvgIpc) is 3.60. The van der Waals surface area contributed by atoms with Crippen LogP contribution in [0.1, 0.15) is 145 Å². The van der Waals surface area contributed by atoms with Crippen LogP contribution in [-0.2, 0) is 76.3 Å². The fraction of sp³-hybridized carbons (Fsp3) is 0.761. The second kappa shape index (κ2) is 61.2. The van der Waals surface area contributed by atoms with Crippen molar-refractivity contribution in [1.82, 2.24) is 14.7 Å². The lowest BCUT2D eigenvalue weighted by Crippen LogP contribution is -2.34. The van der Waals surface area contributed by atoms with E-state index in [0.29, 0.717) is 88.2 Å². The minimum absolute atomic E-state index is 0.0431. The first-order valence-electron chi connectivity index (χ1n) is 32.6. The number of unbranched alkanes of at least 4 members (excludes halogenated alkanes) is 4. The predicted molar refractivity (Wildman–Crippen MR) is 368 cm³/mol. The minimum atomic E-state index is -0.459. The molecule has 90 heavy (non-hydrogen) atoms. The van der Waals surface area contributed by atoms with Gasteiger partial charge >= 0.3 is 47.8 Å². The van der Waals surface area contributed by atoms with Crippen LogP contribution in [0.15, 0.2) is 48.6 Å². The van der Waals surface area contributed by atoms with Crippen LogP contribution in [-0.4, -0.2) is 221 Å². The van der Waals surface area contributed by atoms with Crippen molar-refractivity contribution < 1.29 is 76.3 Å². The average molecular weight is 1350 g/mol. The van der Waals surface area contributed by atoms with E-state index in [-0.39, 0.29) is 126 Å². The summed E-state index contributed by atoms with van der Waals surface area (Å²) in [4.78, 5) is 108. The maximum Gasteiger partial charge on any atom is 0.309 e. The van der Waals surface area contributed by atoms with E-state index in [4.69, 9.17) is 37.9 Å². The Bertz CT molecular complexity index is 1770. The Hall–Kier alpha value is -4.00. The molecular weight excluding hydrogens is 1230 g/mol. The van der Waals surface area contributed by atoms with Gasteiger partial charge in [-0.3, -0.25) is 38.4 Å². The minimum Gasteiger partial charge on any atom is -0.462 e. The van der Waals surface area contributed by atoms with Gasteiger partial charge in [0, 0.05) is 49.2 Å². The predicted octanol–water partition coefficient (Wildman–Crippen LogP) is 11.1. The maximum absolute atomic E-state index is 12.9. The van der Waals surface area contributed by atoms with Gasteiger partial charge in [-0.2, -0.15) is 47.0 Å². The fourth-order valence-electron chi connectivity index (χ4n) is 8.15. The molecule has 0 fully saturated rings. The molecule has 0 bridgehead atoms. The first-order valence-corrected chi connectivity index (χ1v) is 37.3. The van der Waals surface area contributed by atoms with Crippen LogP contribution in [0.25, 0.3) is 0 Å². The van der Waals surface area contributed by atoms with Gasteiger partial charge in [-0.25, -0.2) is 0 Å². The summed E-state index contributed by atoms with van der Waals surface area (Å²) in [6.07, 6.45) is 26.4. The van der Waals surface area contributed by atoms with Crippen molar-refractivity contribution >= 4 is 94.8 Å². The summed E-state index contributed by atoms with van der Waals surface area (Å²) >= 11 is 6.85. The van der Waals surface area contributed by atoms with Crippen LogP contribution in [0.2, 0.25) is 0 Å². The molecule has 0 radical (unpaired) electrons. The van der Waals surface area contributed by atoms with E-state index in [9.17, 15) is 38.4 Å². The van der Waals surface area contributed by atoms with Crippen LogP contribution in [0.4, 0.5) is 0 Å². The van der Waals surface area contributed by atoms with Crippen molar-refractivity contribution in [1.29, 1.82) is 0 Å². The van der Waals surface area contributed by atoms with Crippen molar-refractivity contribution in [2.45, 2.75) is 145 Å². The van der Waals surface area contributed by atoms with Gasteiger partial charge in [-0.1, -0.05) is 76.3 Å². The Morgan fingerprint density at radius 2 is 0.544 bits per heavy atom. The Labute approximate surface area is 558 Å². The molecule has 19 nitrogen and oxygen atoms in total. The Balaban J connectivity index is 5.50. The highest BCUT2D eigenvalue weighted by atomic mass is 32.2. The summed E-state index contributed by atoms with van der Waals surface area (Å²) in [5.74, 6) is 2.14. The molecule has 4 unspecified atom stereocenters. The molecule has 0 heterocycles. The van der Waals surface area contributed by atoms with Crippen molar-refractivity contribution in [3.8, 4) is 0 Å². The molecule has 0 aromatic heterocycles. The third kappa shape index (κ3) is 53.5. The summed E-state index contributed by atoms with van der Waals surface area (Å²) in [6.45, 7) is 18.5. The Kier molecular flexibility index (Phi) is 58.5. The number of allylic oxidation sites excluding steroid dienone is 8. The van der Waals surface area contributed by atoms with Gasteiger partial charge in [0.2, 0.25) is 0 Å². The first kappa shape index (κ1) is 86.0. The van der Waals surface area contributed by atoms with E-state index in [1.54, 1.807) is 47.0 Å². The number of carbonyl (C=O) groups is 8. The summed E-state index contributed by atoms with van der Waals surface area (Å²) in [7, 11) is 1.99. The van der Waals surface area contributed by atoms with E-state index in [1.807, 2.05) is 96.5 Å². The molecule has 0 aliphatic carbocycles. The fourth-order valence-corrected chi connectivity index (χ4v) is 12.3. The lowest BCUT2D eigenvalue weighted by atomic mass is 10.2. The van der Waals surface area contributed by atoms with Gasteiger partial charge in [-0.05, 0) is 148 Å². The monoisotopic (exact) mass is 1350 g/mol. The number of thioether (sulfide) groups is 4. The quantitative estimate of drug-likeness (QED) is 0.0239. The zero-order chi connectivity index (χ0) is 66.7. The highest BCUT2D eigenvalue weighted by Gasteiger charge is 2.20. The molecular formula is C67H115N3O16S4. The summed E-state index contributed by atoms with van der Waals surface area (Å²) in [6, 6.07) is 0. The topological polar surface area (TPSA) is 220 Å². The van der Waals surface area contributed by atoms with Crippen molar-refractivity contribution in [3.05, 3.63) is 48.6 Å². The standard InChI is InChI=1S/C67H115N3O16S4/c1-10-14-18-22-48-87-52-56(5)64(75)83-44-40-79-60(71)28-36-69(37-29-61(72)80-41-45-84-65(76)57(6)53-88-49-23-19-15-11-2)34-26-32-68(9)33-27-35-70(38-30-62(73)81-42-46-85-66(77)58(7)54-89-50-24-20-16-12-3)39-31-63(74)82-43-47-86-67(78)59(8)55-90-51-25-21-17-13-4/h10-17,56-59H,18-55H2,1-9H3/b14-10+,15-11+,16-12+,17-13+. The molecule has 0 amide bonds. The molecule has 0 saturated heterocycles. The van der Waals surface area contributed by atoms with Crippen LogP contribution in [0.3, 0.4) is 0 Å². The molecule has 0 N–H and O–H groups in total. The number of rotatable bonds is 60. The normalized spacial score (nSPS) is 13.1. The molecule has 23 heteroatoms. The number of ether oxygens (including phenoxy) is 8. The summed E-state index contributed by atoms with van der Waals surface area (Å²) in [5, 5.41) is 0. The molecule has 0 rings (SSSR count). The highest BCUT2D eigenvalue weighted by molar-refractivity contribution is 7.99. The van der Waals surface area contributed by atoms with E-state index in [2.05, 4.69) is 29.2 Å². The number of hydrogen-bond acceptors (Lipinski definition) is 23. The molecule has 0 aliphatic rings. The zero-order valence-corrected chi connectivity index (χ0v) is 59.6. The lowest BCUT2D eigenvalue weighted by Gasteiger charge is -2.25. The summed E-state index contributed by atoms with van der Waals surface area (Å²) < 4.78 is 43.2. The Morgan fingerprint density at radius 1 is 0.322 bits per heavy atom. The molecule has 0 aromatic rings. The van der Waals surface area contributed by atoms with Gasteiger partial charge in [0.25, 0.3) is 0 Å². The van der Waals surface area contributed by atoms with Gasteiger partial charge in [0.05, 0.1) is 49.4 Å². The number of esters is 8. The maximum atomic E-state index is 12.9. The van der Waals surface area contributed by atoms with Gasteiger partial charge < -0.3 is 52.6 Å². The number of nitrogens with zero attached hydrogens (tertiary/aromatic N) is 3. The van der Waals surface area contributed by atoms with Crippen LogP contribution in [0.5, 0.6) is 0 Å². The van der Waals surface area contributed by atoms with E-state index >= 15 is 0 Å². The third-order valence-electron chi connectivity index (χ3n) is 13.6. The van der Waals surface area contributed by atoms with E-state index < -0.39 is 23.9 Å². The first-order chi connectivity index (χ1) is 43.5. The van der Waals surface area contributed by atoms with Crippen LogP contribution >= 0.6 is 47.0 Å². The molecule has 0 aliphatic heterocycles. The summed E-state index contributed by atoms with van der Waals surface area (Å²) in [5.41, 5.74) is 0. The number of hydrogen-bond donors (Lipinski definition) is 0. The molecule has 0 saturated carbocycles. The van der Waals surface area contributed by atoms with Crippen molar-refractivity contribution in [2.75, 3.05) is 158 Å². The highest BCUT2D eigenvalue weighted by Crippen LogP contribution is 2.16. The SMILES string of the molecule is C/C=C/CCCSCC(C)C(=O)OCCOC(=O)CCN(CCCN(C)CCCN(CCC(=O)OCCOC(=O)C(C)CSCCC/C=C/C)CCC(=O)OCCOC(=O)C(C)CSCCC/C=C/C)CCC(=O)OCCOC(=O)C(C)CSCCC/C=C/C. The van der Waals surface area contributed by atoms with E-state index in [1.165, 1.54) is 0 Å². The zero-order valence-electron chi connectivity index (χ0n) is 56.3. The third-order valence-corrected chi connectivity index (χ3v) is 18.8. The van der Waals surface area contributed by atoms with Crippen molar-refractivity contribution in [3.63, 3.8) is 0 Å².